The van der Waals surface area contributed by atoms with Crippen LogP contribution in [0.15, 0.2) is 40.9 Å². The molecule has 0 fully saturated rings. The van der Waals surface area contributed by atoms with Gasteiger partial charge in [0.2, 0.25) is 0 Å². The highest BCUT2D eigenvalue weighted by molar-refractivity contribution is 9.10. The zero-order valence-electron chi connectivity index (χ0n) is 9.78. The summed E-state index contributed by atoms with van der Waals surface area (Å²) < 4.78 is 13.5. The molecule has 2 rings (SSSR count). The summed E-state index contributed by atoms with van der Waals surface area (Å²) in [7, 11) is 0. The molecular weight excluding hydrogens is 313 g/mol. The van der Waals surface area contributed by atoms with Crippen LogP contribution in [0.5, 0.6) is 0 Å². The van der Waals surface area contributed by atoms with Crippen molar-refractivity contribution in [3.63, 3.8) is 0 Å². The number of benzene rings is 2. The lowest BCUT2D eigenvalue weighted by Crippen LogP contribution is -2.13. The molecule has 0 aromatic heterocycles. The predicted molar refractivity (Wildman–Crippen MR) is 76.8 cm³/mol. The van der Waals surface area contributed by atoms with Gasteiger partial charge in [0.15, 0.2) is 0 Å². The molecule has 0 heterocycles. The molecule has 0 radical (unpaired) electrons. The average molecular weight is 324 g/mol. The second-order valence-electron chi connectivity index (χ2n) is 3.92. The van der Waals surface area contributed by atoms with Crippen LogP contribution < -0.4 is 16.8 Å². The normalized spacial score (nSPS) is 10.2. The Morgan fingerprint density at radius 1 is 1.21 bits per heavy atom. The van der Waals surface area contributed by atoms with Gasteiger partial charge in [-0.05, 0) is 52.3 Å². The van der Waals surface area contributed by atoms with Crippen molar-refractivity contribution in [1.29, 1.82) is 0 Å². The molecular formula is C13H11BrFN3O. The maximum atomic E-state index is 13.1. The van der Waals surface area contributed by atoms with E-state index >= 15 is 0 Å². The maximum absolute atomic E-state index is 13.1. The number of anilines is 3. The third-order valence-corrected chi connectivity index (χ3v) is 3.12. The van der Waals surface area contributed by atoms with Gasteiger partial charge in [0.1, 0.15) is 5.82 Å². The Morgan fingerprint density at radius 3 is 2.58 bits per heavy atom. The molecule has 0 spiro atoms. The average Bonchev–Trinajstić information content (AvgIpc) is 2.33. The number of carbonyl (C=O) groups excluding carboxylic acids is 1. The van der Waals surface area contributed by atoms with Crippen LogP contribution in [-0.2, 0) is 0 Å². The molecule has 0 atom stereocenters. The number of nitrogens with two attached hydrogens (primary N) is 2. The number of halogens is 2. The van der Waals surface area contributed by atoms with E-state index < -0.39 is 5.91 Å². The topological polar surface area (TPSA) is 81.1 Å². The van der Waals surface area contributed by atoms with Gasteiger partial charge in [0, 0.05) is 11.4 Å². The molecule has 5 N–H and O–H groups in total. The predicted octanol–water partition coefficient (Wildman–Crippen LogP) is 3.01. The smallest absolute Gasteiger partial charge is 0.250 e. The van der Waals surface area contributed by atoms with Crippen LogP contribution >= 0.6 is 15.9 Å². The molecule has 0 unspecified atom stereocenters. The summed E-state index contributed by atoms with van der Waals surface area (Å²) in [5, 5.41) is 2.99. The summed E-state index contributed by atoms with van der Waals surface area (Å²) in [6.07, 6.45) is 0. The Labute approximate surface area is 117 Å². The van der Waals surface area contributed by atoms with E-state index in [4.69, 9.17) is 11.5 Å². The first-order valence-electron chi connectivity index (χ1n) is 5.39. The van der Waals surface area contributed by atoms with Gasteiger partial charge in [-0.1, -0.05) is 0 Å². The quantitative estimate of drug-likeness (QED) is 0.759. The van der Waals surface area contributed by atoms with Gasteiger partial charge in [-0.2, -0.15) is 0 Å². The number of amides is 1. The molecule has 0 aliphatic carbocycles. The van der Waals surface area contributed by atoms with E-state index in [-0.39, 0.29) is 5.82 Å². The fourth-order valence-corrected chi connectivity index (χ4v) is 1.99. The van der Waals surface area contributed by atoms with Crippen molar-refractivity contribution >= 4 is 38.9 Å². The first-order valence-corrected chi connectivity index (χ1v) is 6.18. The van der Waals surface area contributed by atoms with E-state index in [0.29, 0.717) is 27.1 Å². The highest BCUT2D eigenvalue weighted by Gasteiger charge is 2.09. The monoisotopic (exact) mass is 323 g/mol. The van der Waals surface area contributed by atoms with Gasteiger partial charge >= 0.3 is 0 Å². The summed E-state index contributed by atoms with van der Waals surface area (Å²) in [6.45, 7) is 0. The second-order valence-corrected chi connectivity index (χ2v) is 4.78. The number of nitrogen functional groups attached to an aromatic ring is 1. The van der Waals surface area contributed by atoms with Crippen molar-refractivity contribution in [2.75, 3.05) is 11.1 Å². The fraction of sp³-hybridized carbons (Fsp3) is 0. The first kappa shape index (κ1) is 13.4. The summed E-state index contributed by atoms with van der Waals surface area (Å²) in [6, 6.07) is 9.14. The van der Waals surface area contributed by atoms with Gasteiger partial charge < -0.3 is 16.8 Å². The number of rotatable bonds is 3. The Kier molecular flexibility index (Phi) is 3.71. The zero-order valence-corrected chi connectivity index (χ0v) is 11.4. The SMILES string of the molecule is NC(=O)c1ccc(N)cc1Nc1ccc(F)c(Br)c1. The molecule has 19 heavy (non-hydrogen) atoms. The summed E-state index contributed by atoms with van der Waals surface area (Å²) in [4.78, 5) is 11.3. The van der Waals surface area contributed by atoms with Crippen LogP contribution in [0.3, 0.4) is 0 Å². The van der Waals surface area contributed by atoms with E-state index in [0.717, 1.165) is 0 Å². The van der Waals surface area contributed by atoms with Gasteiger partial charge in [-0.15, -0.1) is 0 Å². The van der Waals surface area contributed by atoms with E-state index in [1.807, 2.05) is 0 Å². The largest absolute Gasteiger partial charge is 0.399 e. The highest BCUT2D eigenvalue weighted by Crippen LogP contribution is 2.26. The molecule has 98 valence electrons. The summed E-state index contributed by atoms with van der Waals surface area (Å²) in [5.74, 6) is -0.933. The number of hydrogen-bond acceptors (Lipinski definition) is 3. The standard InChI is InChI=1S/C13H11BrFN3O/c14-10-6-8(2-4-11(10)15)18-12-5-7(16)1-3-9(12)13(17)19/h1-6,18H,16H2,(H2,17,19). The molecule has 6 heteroatoms. The number of nitrogens with one attached hydrogen (secondary N) is 1. The van der Waals surface area contributed by atoms with E-state index in [9.17, 15) is 9.18 Å². The van der Waals surface area contributed by atoms with Crippen LogP contribution in [0, 0.1) is 5.82 Å². The number of hydrogen-bond donors (Lipinski definition) is 3. The van der Waals surface area contributed by atoms with Crippen LogP contribution in [-0.4, -0.2) is 5.91 Å². The number of carbonyl (C=O) groups is 1. The van der Waals surface area contributed by atoms with Crippen molar-refractivity contribution in [2.24, 2.45) is 5.73 Å². The lowest BCUT2D eigenvalue weighted by molar-refractivity contribution is 0.100. The fourth-order valence-electron chi connectivity index (χ4n) is 1.61. The van der Waals surface area contributed by atoms with E-state index in [1.165, 1.54) is 6.07 Å². The van der Waals surface area contributed by atoms with Crippen molar-refractivity contribution in [3.05, 3.63) is 52.3 Å². The zero-order chi connectivity index (χ0) is 14.0. The summed E-state index contributed by atoms with van der Waals surface area (Å²) >= 11 is 3.09. The van der Waals surface area contributed by atoms with Crippen LogP contribution in [0.25, 0.3) is 0 Å². The molecule has 0 aliphatic rings. The minimum absolute atomic E-state index is 0.314. The third-order valence-electron chi connectivity index (χ3n) is 2.51. The molecule has 2 aromatic rings. The van der Waals surface area contributed by atoms with E-state index in [1.54, 1.807) is 30.3 Å². The molecule has 0 saturated heterocycles. The number of primary amides is 1. The molecule has 1 amide bonds. The van der Waals surface area contributed by atoms with Gasteiger partial charge in [0.05, 0.1) is 15.7 Å². The Hall–Kier alpha value is -2.08. The molecule has 0 bridgehead atoms. The van der Waals surface area contributed by atoms with Crippen LogP contribution in [0.2, 0.25) is 0 Å². The van der Waals surface area contributed by atoms with Gasteiger partial charge in [0.25, 0.3) is 5.91 Å². The molecule has 4 nitrogen and oxygen atoms in total. The van der Waals surface area contributed by atoms with Crippen molar-refractivity contribution in [2.45, 2.75) is 0 Å². The van der Waals surface area contributed by atoms with Gasteiger partial charge in [-0.3, -0.25) is 4.79 Å². The van der Waals surface area contributed by atoms with E-state index in [2.05, 4.69) is 21.2 Å². The van der Waals surface area contributed by atoms with Crippen LogP contribution in [0.4, 0.5) is 21.5 Å². The highest BCUT2D eigenvalue weighted by atomic mass is 79.9. The third kappa shape index (κ3) is 3.03. The van der Waals surface area contributed by atoms with Crippen LogP contribution in [0.1, 0.15) is 10.4 Å². The molecule has 2 aromatic carbocycles. The maximum Gasteiger partial charge on any atom is 0.250 e. The Bertz CT molecular complexity index is 646. The second kappa shape index (κ2) is 5.27. The molecule has 0 saturated carbocycles. The minimum Gasteiger partial charge on any atom is -0.399 e. The van der Waals surface area contributed by atoms with Crippen molar-refractivity contribution in [1.82, 2.24) is 0 Å². The molecule has 0 aliphatic heterocycles. The lowest BCUT2D eigenvalue weighted by atomic mass is 10.1. The van der Waals surface area contributed by atoms with Crippen molar-refractivity contribution < 1.29 is 9.18 Å². The van der Waals surface area contributed by atoms with Crippen molar-refractivity contribution in [3.8, 4) is 0 Å². The Morgan fingerprint density at radius 2 is 1.95 bits per heavy atom. The first-order chi connectivity index (χ1) is 8.97. The summed E-state index contributed by atoms with van der Waals surface area (Å²) in [5.41, 5.74) is 12.9. The Balaban J connectivity index is 2.39. The van der Waals surface area contributed by atoms with Gasteiger partial charge in [-0.25, -0.2) is 4.39 Å². The lowest BCUT2D eigenvalue weighted by Gasteiger charge is -2.11. The minimum atomic E-state index is -0.566.